The lowest BCUT2D eigenvalue weighted by Gasteiger charge is -2.17. The molecule has 0 saturated heterocycles. The largest absolute Gasteiger partial charge is 0.481 e. The molecular weight excluding hydrogens is 220 g/mol. The SMILES string of the molecule is COc1cc(N(C)Cc2ccoc2)nc(N)n1. The molecule has 17 heavy (non-hydrogen) atoms. The minimum absolute atomic E-state index is 0.193. The highest BCUT2D eigenvalue weighted by Crippen LogP contribution is 2.18. The van der Waals surface area contributed by atoms with Crippen LogP contribution >= 0.6 is 0 Å². The van der Waals surface area contributed by atoms with Crippen LogP contribution in [0.25, 0.3) is 0 Å². The zero-order chi connectivity index (χ0) is 12.3. The van der Waals surface area contributed by atoms with E-state index in [0.29, 0.717) is 18.2 Å². The van der Waals surface area contributed by atoms with E-state index in [1.54, 1.807) is 25.7 Å². The summed E-state index contributed by atoms with van der Waals surface area (Å²) in [5.74, 6) is 1.35. The lowest BCUT2D eigenvalue weighted by Crippen LogP contribution is -2.18. The first kappa shape index (κ1) is 11.3. The van der Waals surface area contributed by atoms with Gasteiger partial charge in [0.2, 0.25) is 11.8 Å². The Morgan fingerprint density at radius 1 is 1.47 bits per heavy atom. The third-order valence-corrected chi connectivity index (χ3v) is 2.31. The maximum Gasteiger partial charge on any atom is 0.225 e. The topological polar surface area (TPSA) is 77.4 Å². The Hall–Kier alpha value is -2.24. The normalized spacial score (nSPS) is 10.2. The Morgan fingerprint density at radius 3 is 2.94 bits per heavy atom. The number of nitrogens with two attached hydrogens (primary N) is 1. The number of hydrogen-bond acceptors (Lipinski definition) is 6. The molecule has 0 bridgehead atoms. The van der Waals surface area contributed by atoms with E-state index >= 15 is 0 Å². The summed E-state index contributed by atoms with van der Waals surface area (Å²) in [6.45, 7) is 0.677. The van der Waals surface area contributed by atoms with Crippen LogP contribution in [0.2, 0.25) is 0 Å². The molecule has 0 fully saturated rings. The van der Waals surface area contributed by atoms with Crippen molar-refractivity contribution in [3.05, 3.63) is 30.2 Å². The van der Waals surface area contributed by atoms with Gasteiger partial charge in [0.15, 0.2) is 0 Å². The van der Waals surface area contributed by atoms with Crippen LogP contribution in [0, 0.1) is 0 Å². The van der Waals surface area contributed by atoms with Gasteiger partial charge in [-0.15, -0.1) is 0 Å². The van der Waals surface area contributed by atoms with Gasteiger partial charge in [-0.2, -0.15) is 9.97 Å². The van der Waals surface area contributed by atoms with Gasteiger partial charge in [0.25, 0.3) is 0 Å². The van der Waals surface area contributed by atoms with Crippen LogP contribution in [0.5, 0.6) is 5.88 Å². The van der Waals surface area contributed by atoms with Crippen molar-refractivity contribution >= 4 is 11.8 Å². The predicted molar refractivity (Wildman–Crippen MR) is 63.8 cm³/mol. The summed E-state index contributed by atoms with van der Waals surface area (Å²) in [5, 5.41) is 0. The molecule has 6 heteroatoms. The second-order valence-electron chi connectivity index (χ2n) is 3.61. The van der Waals surface area contributed by atoms with Crippen molar-refractivity contribution in [1.82, 2.24) is 9.97 Å². The van der Waals surface area contributed by atoms with Crippen molar-refractivity contribution in [3.8, 4) is 5.88 Å². The molecule has 0 unspecified atom stereocenters. The molecule has 0 spiro atoms. The van der Waals surface area contributed by atoms with Crippen LogP contribution in [0.1, 0.15) is 5.56 Å². The third-order valence-electron chi connectivity index (χ3n) is 2.31. The average molecular weight is 234 g/mol. The van der Waals surface area contributed by atoms with Crippen LogP contribution in [0.15, 0.2) is 29.1 Å². The van der Waals surface area contributed by atoms with E-state index in [2.05, 4.69) is 9.97 Å². The van der Waals surface area contributed by atoms with E-state index in [0.717, 1.165) is 5.56 Å². The summed E-state index contributed by atoms with van der Waals surface area (Å²) in [7, 11) is 3.45. The Morgan fingerprint density at radius 2 is 2.29 bits per heavy atom. The fourth-order valence-electron chi connectivity index (χ4n) is 1.47. The van der Waals surface area contributed by atoms with Gasteiger partial charge in [-0.05, 0) is 6.07 Å². The summed E-state index contributed by atoms with van der Waals surface area (Å²) < 4.78 is 10.1. The maximum absolute atomic E-state index is 5.60. The molecule has 2 heterocycles. The molecule has 0 amide bonds. The number of furan rings is 1. The highest BCUT2D eigenvalue weighted by molar-refractivity contribution is 5.45. The van der Waals surface area contributed by atoms with Gasteiger partial charge in [-0.3, -0.25) is 0 Å². The number of nitrogens with zero attached hydrogens (tertiary/aromatic N) is 3. The van der Waals surface area contributed by atoms with Crippen LogP contribution < -0.4 is 15.4 Å². The molecule has 0 aliphatic heterocycles. The van der Waals surface area contributed by atoms with Gasteiger partial charge in [0.1, 0.15) is 5.82 Å². The highest BCUT2D eigenvalue weighted by atomic mass is 16.5. The van der Waals surface area contributed by atoms with E-state index < -0.39 is 0 Å². The zero-order valence-corrected chi connectivity index (χ0v) is 9.75. The van der Waals surface area contributed by atoms with Crippen molar-refractivity contribution in [2.75, 3.05) is 24.8 Å². The van der Waals surface area contributed by atoms with Gasteiger partial charge in [-0.1, -0.05) is 0 Å². The third kappa shape index (κ3) is 2.66. The van der Waals surface area contributed by atoms with Crippen molar-refractivity contribution < 1.29 is 9.15 Å². The van der Waals surface area contributed by atoms with Crippen LogP contribution in [0.4, 0.5) is 11.8 Å². The molecule has 2 N–H and O–H groups in total. The molecule has 2 rings (SSSR count). The Labute approximate surface area is 99.0 Å². The van der Waals surface area contributed by atoms with Crippen molar-refractivity contribution in [3.63, 3.8) is 0 Å². The van der Waals surface area contributed by atoms with Crippen LogP contribution in [0.3, 0.4) is 0 Å². The smallest absolute Gasteiger partial charge is 0.225 e. The quantitative estimate of drug-likeness (QED) is 0.859. The second-order valence-corrected chi connectivity index (χ2v) is 3.61. The van der Waals surface area contributed by atoms with Gasteiger partial charge in [0.05, 0.1) is 19.6 Å². The van der Waals surface area contributed by atoms with E-state index in [9.17, 15) is 0 Å². The number of rotatable bonds is 4. The number of hydrogen-bond donors (Lipinski definition) is 1. The molecule has 0 aromatic carbocycles. The lowest BCUT2D eigenvalue weighted by atomic mass is 10.3. The van der Waals surface area contributed by atoms with Gasteiger partial charge in [-0.25, -0.2) is 0 Å². The summed E-state index contributed by atoms with van der Waals surface area (Å²) in [5.41, 5.74) is 6.66. The van der Waals surface area contributed by atoms with E-state index in [4.69, 9.17) is 14.9 Å². The van der Waals surface area contributed by atoms with Crippen LogP contribution in [-0.2, 0) is 6.54 Å². The average Bonchev–Trinajstić information content (AvgIpc) is 2.81. The fraction of sp³-hybridized carbons (Fsp3) is 0.273. The summed E-state index contributed by atoms with van der Waals surface area (Å²) in [6.07, 6.45) is 3.33. The number of nitrogen functional groups attached to an aromatic ring is 1. The molecule has 0 aliphatic rings. The summed E-state index contributed by atoms with van der Waals surface area (Å²) in [6, 6.07) is 3.63. The summed E-state index contributed by atoms with van der Waals surface area (Å²) >= 11 is 0. The Kier molecular flexibility index (Phi) is 3.13. The predicted octanol–water partition coefficient (Wildman–Crippen LogP) is 1.30. The van der Waals surface area contributed by atoms with Crippen molar-refractivity contribution in [2.24, 2.45) is 0 Å². The Bertz CT molecular complexity index is 484. The molecule has 2 aromatic heterocycles. The molecular formula is C11H14N4O2. The van der Waals surface area contributed by atoms with Crippen molar-refractivity contribution in [2.45, 2.75) is 6.54 Å². The van der Waals surface area contributed by atoms with Gasteiger partial charge >= 0.3 is 0 Å². The van der Waals surface area contributed by atoms with Gasteiger partial charge in [0, 0.05) is 25.2 Å². The monoisotopic (exact) mass is 234 g/mol. The standard InChI is InChI=1S/C11H14N4O2/c1-15(6-8-3-4-17-7-8)9-5-10(16-2)14-11(12)13-9/h3-5,7H,6H2,1-2H3,(H2,12,13,14). The number of anilines is 2. The number of aromatic nitrogens is 2. The molecule has 90 valence electrons. The summed E-state index contributed by atoms with van der Waals surface area (Å²) in [4.78, 5) is 10.0. The van der Waals surface area contributed by atoms with Crippen LogP contribution in [-0.4, -0.2) is 24.1 Å². The second kappa shape index (κ2) is 4.73. The minimum Gasteiger partial charge on any atom is -0.481 e. The van der Waals surface area contributed by atoms with E-state index in [1.165, 1.54) is 0 Å². The van der Waals surface area contributed by atoms with Crippen molar-refractivity contribution in [1.29, 1.82) is 0 Å². The number of methoxy groups -OCH3 is 1. The maximum atomic E-state index is 5.60. The fourth-order valence-corrected chi connectivity index (χ4v) is 1.47. The molecule has 0 saturated carbocycles. The molecule has 0 aliphatic carbocycles. The minimum atomic E-state index is 0.193. The molecule has 6 nitrogen and oxygen atoms in total. The van der Waals surface area contributed by atoms with E-state index in [1.807, 2.05) is 18.0 Å². The molecule has 0 radical (unpaired) electrons. The number of ether oxygens (including phenoxy) is 1. The first-order valence-electron chi connectivity index (χ1n) is 5.10. The van der Waals surface area contributed by atoms with Gasteiger partial charge < -0.3 is 19.8 Å². The first-order valence-corrected chi connectivity index (χ1v) is 5.10. The highest BCUT2D eigenvalue weighted by Gasteiger charge is 2.08. The first-order chi connectivity index (χ1) is 8.19. The van der Waals surface area contributed by atoms with E-state index in [-0.39, 0.29) is 5.95 Å². The molecule has 0 atom stereocenters. The lowest BCUT2D eigenvalue weighted by molar-refractivity contribution is 0.397. The molecule has 2 aromatic rings. The zero-order valence-electron chi connectivity index (χ0n) is 9.75. The Balaban J connectivity index is 2.18.